The summed E-state index contributed by atoms with van der Waals surface area (Å²) in [6.45, 7) is 0.0808. The van der Waals surface area contributed by atoms with E-state index < -0.39 is 10.5 Å². The molecule has 0 spiro atoms. The molecule has 142 valence electrons. The first-order chi connectivity index (χ1) is 14.0. The van der Waals surface area contributed by atoms with Crippen LogP contribution in [0.3, 0.4) is 0 Å². The number of hydrogen-bond acceptors (Lipinski definition) is 7. The van der Waals surface area contributed by atoms with E-state index >= 15 is 0 Å². The number of benzene rings is 2. The molecule has 0 saturated heterocycles. The maximum absolute atomic E-state index is 12.1. The molecule has 3 aromatic rings. The van der Waals surface area contributed by atoms with E-state index in [9.17, 15) is 25.4 Å². The molecule has 0 radical (unpaired) electrons. The molecule has 0 fully saturated rings. The Morgan fingerprint density at radius 2 is 1.72 bits per heavy atom. The van der Waals surface area contributed by atoms with Gasteiger partial charge in [-0.1, -0.05) is 18.2 Å². The molecule has 9 heteroatoms. The number of para-hydroxylation sites is 1. The van der Waals surface area contributed by atoms with Crippen LogP contribution in [-0.4, -0.2) is 9.91 Å². The molecule has 3 rings (SSSR count). The van der Waals surface area contributed by atoms with Crippen molar-refractivity contribution in [3.05, 3.63) is 85.7 Å². The van der Waals surface area contributed by atoms with Crippen molar-refractivity contribution in [2.75, 3.05) is 5.73 Å². The third kappa shape index (κ3) is 3.75. The summed E-state index contributed by atoms with van der Waals surface area (Å²) in [5.41, 5.74) is 5.87. The molecule has 0 atom stereocenters. The van der Waals surface area contributed by atoms with Crippen molar-refractivity contribution in [1.29, 1.82) is 10.5 Å². The van der Waals surface area contributed by atoms with Gasteiger partial charge in [-0.05, 0) is 23.8 Å². The van der Waals surface area contributed by atoms with Gasteiger partial charge in [0.25, 0.3) is 11.2 Å². The molecule has 0 amide bonds. The lowest BCUT2D eigenvalue weighted by molar-refractivity contribution is -0.384. The van der Waals surface area contributed by atoms with Gasteiger partial charge in [0.15, 0.2) is 0 Å². The van der Waals surface area contributed by atoms with Gasteiger partial charge in [0, 0.05) is 23.3 Å². The van der Waals surface area contributed by atoms with Crippen LogP contribution in [0.2, 0.25) is 0 Å². The van der Waals surface area contributed by atoms with Crippen LogP contribution in [0.25, 0.3) is 11.1 Å². The quantitative estimate of drug-likeness (QED) is 0.503. The summed E-state index contributed by atoms with van der Waals surface area (Å²) in [4.78, 5) is 24.7. The van der Waals surface area contributed by atoms with Crippen molar-refractivity contribution < 1.29 is 9.66 Å². The Bertz CT molecular complexity index is 1230. The third-order valence-corrected chi connectivity index (χ3v) is 4.17. The van der Waals surface area contributed by atoms with E-state index in [2.05, 4.69) is 4.98 Å². The van der Waals surface area contributed by atoms with Crippen molar-refractivity contribution in [1.82, 2.24) is 4.98 Å². The van der Waals surface area contributed by atoms with Crippen molar-refractivity contribution in [3.63, 3.8) is 0 Å². The maximum atomic E-state index is 12.1. The van der Waals surface area contributed by atoms with Crippen LogP contribution >= 0.6 is 0 Å². The topological polar surface area (TPSA) is 159 Å². The minimum Gasteiger partial charge on any atom is -0.488 e. The summed E-state index contributed by atoms with van der Waals surface area (Å²) >= 11 is 0. The molecule has 3 N–H and O–H groups in total. The fourth-order valence-electron chi connectivity index (χ4n) is 2.79. The summed E-state index contributed by atoms with van der Waals surface area (Å²) in [7, 11) is 0. The minimum atomic E-state index is -0.704. The molecular formula is C20H13N5O4. The number of nitriles is 2. The van der Waals surface area contributed by atoms with E-state index in [4.69, 9.17) is 10.5 Å². The van der Waals surface area contributed by atoms with E-state index in [1.165, 1.54) is 12.1 Å². The molecule has 0 unspecified atom stereocenters. The van der Waals surface area contributed by atoms with E-state index in [1.807, 2.05) is 12.1 Å². The normalized spacial score (nSPS) is 10.0. The lowest BCUT2D eigenvalue weighted by Crippen LogP contribution is -2.16. The van der Waals surface area contributed by atoms with Crippen LogP contribution in [-0.2, 0) is 6.61 Å². The third-order valence-electron chi connectivity index (χ3n) is 4.17. The highest BCUT2D eigenvalue weighted by Gasteiger charge is 2.21. The van der Waals surface area contributed by atoms with Crippen LogP contribution in [0, 0.1) is 32.8 Å². The number of anilines is 1. The van der Waals surface area contributed by atoms with Crippen molar-refractivity contribution >= 4 is 11.5 Å². The second-order valence-electron chi connectivity index (χ2n) is 5.92. The number of aromatic nitrogens is 1. The first-order valence-corrected chi connectivity index (χ1v) is 8.27. The van der Waals surface area contributed by atoms with E-state index in [0.29, 0.717) is 16.9 Å². The number of nitrogens with zero attached hydrogens (tertiary/aromatic N) is 3. The number of nitrogen functional groups attached to an aromatic ring is 1. The lowest BCUT2D eigenvalue weighted by Gasteiger charge is -2.14. The number of hydrogen-bond donors (Lipinski definition) is 2. The molecule has 2 aromatic carbocycles. The molecule has 9 nitrogen and oxygen atoms in total. The Hall–Kier alpha value is -4.63. The second kappa shape index (κ2) is 7.94. The number of H-pyrrole nitrogens is 1. The van der Waals surface area contributed by atoms with Gasteiger partial charge in [-0.3, -0.25) is 14.9 Å². The molecule has 0 saturated carbocycles. The summed E-state index contributed by atoms with van der Waals surface area (Å²) in [6, 6.07) is 16.2. The van der Waals surface area contributed by atoms with Crippen molar-refractivity contribution in [2.24, 2.45) is 0 Å². The van der Waals surface area contributed by atoms with Crippen LogP contribution in [0.1, 0.15) is 16.7 Å². The number of rotatable bonds is 5. The molecule has 29 heavy (non-hydrogen) atoms. The predicted molar refractivity (Wildman–Crippen MR) is 104 cm³/mol. The Labute approximate surface area is 164 Å². The number of pyridine rings is 1. The van der Waals surface area contributed by atoms with E-state index in [-0.39, 0.29) is 34.8 Å². The number of ether oxygens (including phenoxy) is 1. The summed E-state index contributed by atoms with van der Waals surface area (Å²) < 4.78 is 5.81. The highest BCUT2D eigenvalue weighted by molar-refractivity contribution is 5.83. The second-order valence-corrected chi connectivity index (χ2v) is 5.92. The number of aromatic amines is 1. The summed E-state index contributed by atoms with van der Waals surface area (Å²) in [6.07, 6.45) is 0. The zero-order valence-electron chi connectivity index (χ0n) is 14.9. The highest BCUT2D eigenvalue weighted by atomic mass is 16.6. The summed E-state index contributed by atoms with van der Waals surface area (Å²) in [5, 5.41) is 29.7. The SMILES string of the molecule is N#Cc1c(N)[nH]c(=O)c(C#N)c1-c1ccccc1OCc1ccc([N+](=O)[O-])cc1. The number of non-ortho nitro benzene ring substituents is 1. The Morgan fingerprint density at radius 3 is 2.34 bits per heavy atom. The van der Waals surface area contributed by atoms with Gasteiger partial charge in [0.1, 0.15) is 41.4 Å². The van der Waals surface area contributed by atoms with Crippen LogP contribution in [0.5, 0.6) is 5.75 Å². The van der Waals surface area contributed by atoms with E-state index in [0.717, 1.165) is 0 Å². The Balaban J connectivity index is 2.03. The predicted octanol–water partition coefficient (Wildman–Crippen LogP) is 2.85. The average Bonchev–Trinajstić information content (AvgIpc) is 2.72. The zero-order chi connectivity index (χ0) is 21.0. The maximum Gasteiger partial charge on any atom is 0.269 e. The van der Waals surface area contributed by atoms with Gasteiger partial charge in [0.2, 0.25) is 0 Å². The van der Waals surface area contributed by atoms with Gasteiger partial charge in [0.05, 0.1) is 4.92 Å². The first kappa shape index (κ1) is 19.1. The smallest absolute Gasteiger partial charge is 0.269 e. The van der Waals surface area contributed by atoms with Crippen LogP contribution < -0.4 is 16.0 Å². The molecule has 0 bridgehead atoms. The van der Waals surface area contributed by atoms with Crippen LogP contribution in [0.4, 0.5) is 11.5 Å². The largest absolute Gasteiger partial charge is 0.488 e. The standard InChI is InChI=1S/C20H13N5O4/c21-9-15-18(16(10-22)20(26)24-19(15)23)14-3-1-2-4-17(14)29-11-12-5-7-13(8-6-12)25(27)28/h1-8H,11H2,(H3,23,24,26). The van der Waals surface area contributed by atoms with Gasteiger partial charge in [-0.25, -0.2) is 0 Å². The average molecular weight is 387 g/mol. The van der Waals surface area contributed by atoms with Gasteiger partial charge >= 0.3 is 0 Å². The van der Waals surface area contributed by atoms with Gasteiger partial charge < -0.3 is 15.5 Å². The number of nitro groups is 1. The molecule has 1 heterocycles. The first-order valence-electron chi connectivity index (χ1n) is 8.27. The minimum absolute atomic E-state index is 0.0347. The lowest BCUT2D eigenvalue weighted by atomic mass is 9.96. The zero-order valence-corrected chi connectivity index (χ0v) is 14.9. The van der Waals surface area contributed by atoms with E-state index in [1.54, 1.807) is 36.4 Å². The molecule has 0 aliphatic carbocycles. The van der Waals surface area contributed by atoms with Gasteiger partial charge in [-0.2, -0.15) is 10.5 Å². The highest BCUT2D eigenvalue weighted by Crippen LogP contribution is 2.35. The molecular weight excluding hydrogens is 374 g/mol. The number of nitrogens with two attached hydrogens (primary N) is 1. The molecule has 0 aliphatic rings. The summed E-state index contributed by atoms with van der Waals surface area (Å²) in [5.74, 6) is 0.181. The molecule has 0 aliphatic heterocycles. The Kier molecular flexibility index (Phi) is 5.24. The van der Waals surface area contributed by atoms with Gasteiger partial charge in [-0.15, -0.1) is 0 Å². The van der Waals surface area contributed by atoms with Crippen molar-refractivity contribution in [2.45, 2.75) is 6.61 Å². The number of nitrogens with one attached hydrogen (secondary N) is 1. The molecule has 1 aromatic heterocycles. The fraction of sp³-hybridized carbons (Fsp3) is 0.0500. The monoisotopic (exact) mass is 387 g/mol. The van der Waals surface area contributed by atoms with Crippen LogP contribution in [0.15, 0.2) is 53.3 Å². The van der Waals surface area contributed by atoms with Crippen molar-refractivity contribution in [3.8, 4) is 29.0 Å². The number of nitro benzene ring substituents is 1. The fourth-order valence-corrected chi connectivity index (χ4v) is 2.79. The Morgan fingerprint density at radius 1 is 1.07 bits per heavy atom.